The van der Waals surface area contributed by atoms with E-state index in [1.807, 2.05) is 20.8 Å². The van der Waals surface area contributed by atoms with E-state index in [1.165, 1.54) is 6.08 Å². The average molecular weight is 632 g/mol. The van der Waals surface area contributed by atoms with Gasteiger partial charge in [-0.3, -0.25) is 24.1 Å². The van der Waals surface area contributed by atoms with Crippen LogP contribution in [0.1, 0.15) is 107 Å². The third-order valence-corrected chi connectivity index (χ3v) is 9.57. The SMILES string of the molecule is C=CCNC(=O)C(=O)C(CCC)NC(=O)[C@@H]1C[C@@H](C(C)C)CN1C[C@@H](NC(=O)N[C@H](C(=O)C(C)C)C1CCCCC1)C(C)(C)C. The van der Waals surface area contributed by atoms with Crippen LogP contribution in [0.4, 0.5) is 4.79 Å². The highest BCUT2D eigenvalue weighted by molar-refractivity contribution is 6.38. The van der Waals surface area contributed by atoms with Crippen molar-refractivity contribution in [2.75, 3.05) is 19.6 Å². The molecule has 2 aliphatic rings. The van der Waals surface area contributed by atoms with Crippen LogP contribution in [0.15, 0.2) is 12.7 Å². The molecular formula is C35H61N5O5. The summed E-state index contributed by atoms with van der Waals surface area (Å²) in [6, 6.07) is -2.62. The molecule has 0 bridgehead atoms. The summed E-state index contributed by atoms with van der Waals surface area (Å²) in [6.45, 7) is 20.9. The summed E-state index contributed by atoms with van der Waals surface area (Å²) < 4.78 is 0. The van der Waals surface area contributed by atoms with Gasteiger partial charge in [-0.2, -0.15) is 0 Å². The molecule has 1 saturated carbocycles. The monoisotopic (exact) mass is 631 g/mol. The Labute approximate surface area is 271 Å². The van der Waals surface area contributed by atoms with Crippen molar-refractivity contribution < 1.29 is 24.0 Å². The minimum absolute atomic E-state index is 0.0646. The molecule has 10 nitrogen and oxygen atoms in total. The lowest BCUT2D eigenvalue weighted by Gasteiger charge is -2.37. The smallest absolute Gasteiger partial charge is 0.315 e. The maximum Gasteiger partial charge on any atom is 0.315 e. The lowest BCUT2D eigenvalue weighted by atomic mass is 9.80. The van der Waals surface area contributed by atoms with Crippen LogP contribution in [0.25, 0.3) is 0 Å². The molecular weight excluding hydrogens is 570 g/mol. The van der Waals surface area contributed by atoms with E-state index >= 15 is 0 Å². The third-order valence-electron chi connectivity index (χ3n) is 9.57. The summed E-state index contributed by atoms with van der Waals surface area (Å²) in [5.74, 6) is -1.05. The van der Waals surface area contributed by atoms with Gasteiger partial charge >= 0.3 is 6.03 Å². The zero-order valence-corrected chi connectivity index (χ0v) is 29.2. The Balaban J connectivity index is 2.23. The summed E-state index contributed by atoms with van der Waals surface area (Å²) in [6.07, 6.45) is 8.27. The first-order valence-corrected chi connectivity index (χ1v) is 17.2. The van der Waals surface area contributed by atoms with Gasteiger partial charge in [-0.15, -0.1) is 6.58 Å². The number of likely N-dealkylation sites (tertiary alicyclic amines) is 1. The lowest BCUT2D eigenvalue weighted by Crippen LogP contribution is -2.59. The van der Waals surface area contributed by atoms with Gasteiger partial charge in [0.2, 0.25) is 11.7 Å². The number of amides is 4. The summed E-state index contributed by atoms with van der Waals surface area (Å²) in [4.78, 5) is 67.9. The van der Waals surface area contributed by atoms with Crippen LogP contribution in [0, 0.1) is 29.1 Å². The Morgan fingerprint density at radius 1 is 0.933 bits per heavy atom. The maximum absolute atomic E-state index is 13.8. The Morgan fingerprint density at radius 3 is 2.11 bits per heavy atom. The minimum atomic E-state index is -0.912. The summed E-state index contributed by atoms with van der Waals surface area (Å²) >= 11 is 0. The van der Waals surface area contributed by atoms with Crippen molar-refractivity contribution in [3.05, 3.63) is 12.7 Å². The number of hydrogen-bond acceptors (Lipinski definition) is 6. The molecule has 0 aromatic heterocycles. The van der Waals surface area contributed by atoms with Crippen LogP contribution >= 0.6 is 0 Å². The molecule has 45 heavy (non-hydrogen) atoms. The van der Waals surface area contributed by atoms with Crippen LogP contribution < -0.4 is 21.3 Å². The van der Waals surface area contributed by atoms with Gasteiger partial charge in [-0.25, -0.2) is 4.79 Å². The maximum atomic E-state index is 13.8. The highest BCUT2D eigenvalue weighted by Crippen LogP contribution is 2.32. The van der Waals surface area contributed by atoms with Gasteiger partial charge in [0.05, 0.1) is 18.1 Å². The second-order valence-electron chi connectivity index (χ2n) is 14.9. The molecule has 1 aliphatic carbocycles. The standard InChI is InChI=1S/C35H61N5O5/c1-10-15-26(31(42)33(44)36-18-11-2)37-32(43)27-19-25(22(3)4)20-40(27)21-28(35(7,8)9)38-34(45)39-29(30(41)23(5)6)24-16-13-12-14-17-24/h11,22-29H,2,10,12-21H2,1,3-9H3,(H,36,44)(H,37,43)(H2,38,39,45)/t25-,26?,27+,28-,29+/m1/s1. The predicted octanol–water partition coefficient (Wildman–Crippen LogP) is 4.38. The molecule has 1 heterocycles. The first-order chi connectivity index (χ1) is 21.1. The van der Waals surface area contributed by atoms with E-state index in [0.717, 1.165) is 32.1 Å². The van der Waals surface area contributed by atoms with Gasteiger partial charge in [0, 0.05) is 31.6 Å². The van der Waals surface area contributed by atoms with Crippen molar-refractivity contribution in [2.24, 2.45) is 29.1 Å². The largest absolute Gasteiger partial charge is 0.346 e. The predicted molar refractivity (Wildman–Crippen MR) is 178 cm³/mol. The molecule has 2 fully saturated rings. The van der Waals surface area contributed by atoms with E-state index in [9.17, 15) is 24.0 Å². The molecule has 0 spiro atoms. The van der Waals surface area contributed by atoms with Crippen molar-refractivity contribution >= 4 is 29.4 Å². The Morgan fingerprint density at radius 2 is 1.58 bits per heavy atom. The second kappa shape index (κ2) is 17.8. The van der Waals surface area contributed by atoms with E-state index in [0.29, 0.717) is 38.3 Å². The molecule has 1 aliphatic heterocycles. The fraction of sp³-hybridized carbons (Fsp3) is 0.800. The molecule has 1 unspecified atom stereocenters. The highest BCUT2D eigenvalue weighted by Gasteiger charge is 2.42. The van der Waals surface area contributed by atoms with E-state index < -0.39 is 29.8 Å². The van der Waals surface area contributed by atoms with Gasteiger partial charge in [0.15, 0.2) is 5.78 Å². The van der Waals surface area contributed by atoms with Gasteiger partial charge in [-0.1, -0.05) is 87.1 Å². The van der Waals surface area contributed by atoms with Gasteiger partial charge in [-0.05, 0) is 48.9 Å². The molecule has 4 N–H and O–H groups in total. The number of carbonyl (C=O) groups excluding carboxylic acids is 5. The zero-order valence-electron chi connectivity index (χ0n) is 29.2. The normalized spacial score (nSPS) is 21.6. The molecule has 256 valence electrons. The molecule has 5 atom stereocenters. The van der Waals surface area contributed by atoms with Crippen molar-refractivity contribution in [3.63, 3.8) is 0 Å². The highest BCUT2D eigenvalue weighted by atomic mass is 16.2. The molecule has 0 radical (unpaired) electrons. The van der Waals surface area contributed by atoms with E-state index in [4.69, 9.17) is 0 Å². The van der Waals surface area contributed by atoms with Crippen molar-refractivity contribution in [3.8, 4) is 0 Å². The summed E-state index contributed by atoms with van der Waals surface area (Å²) in [5, 5.41) is 11.6. The Hall–Kier alpha value is -2.75. The number of Topliss-reactive ketones (excluding diaryl/α,β-unsaturated/α-hetero) is 2. The quantitative estimate of drug-likeness (QED) is 0.148. The Kier molecular flexibility index (Phi) is 15.2. The molecule has 0 aromatic carbocycles. The number of ketones is 2. The van der Waals surface area contributed by atoms with Crippen LogP contribution in [0.2, 0.25) is 0 Å². The number of nitrogens with zero attached hydrogens (tertiary/aromatic N) is 1. The third kappa shape index (κ3) is 11.5. The second-order valence-corrected chi connectivity index (χ2v) is 14.9. The Bertz CT molecular complexity index is 1030. The van der Waals surface area contributed by atoms with E-state index in [2.05, 4.69) is 67.4 Å². The average Bonchev–Trinajstić information content (AvgIpc) is 3.41. The number of nitrogens with one attached hydrogen (secondary N) is 4. The first kappa shape index (κ1) is 38.4. The number of hydrogen-bond donors (Lipinski definition) is 4. The fourth-order valence-electron chi connectivity index (χ4n) is 6.49. The topological polar surface area (TPSA) is 137 Å². The fourth-order valence-corrected chi connectivity index (χ4v) is 6.49. The number of carbonyl (C=O) groups is 5. The van der Waals surface area contributed by atoms with Crippen LogP contribution in [0.3, 0.4) is 0 Å². The first-order valence-electron chi connectivity index (χ1n) is 17.2. The van der Waals surface area contributed by atoms with E-state index in [-0.39, 0.29) is 53.5 Å². The molecule has 2 rings (SSSR count). The number of rotatable bonds is 16. The summed E-state index contributed by atoms with van der Waals surface area (Å²) in [5.41, 5.74) is -0.347. The molecule has 1 saturated heterocycles. The number of urea groups is 1. The van der Waals surface area contributed by atoms with Crippen LogP contribution in [-0.2, 0) is 19.2 Å². The lowest BCUT2D eigenvalue weighted by molar-refractivity contribution is -0.140. The van der Waals surface area contributed by atoms with Gasteiger partial charge in [0.1, 0.15) is 0 Å². The summed E-state index contributed by atoms with van der Waals surface area (Å²) in [7, 11) is 0. The molecule has 10 heteroatoms. The van der Waals surface area contributed by atoms with Gasteiger partial charge in [0.25, 0.3) is 5.91 Å². The van der Waals surface area contributed by atoms with Crippen molar-refractivity contribution in [1.82, 2.24) is 26.2 Å². The van der Waals surface area contributed by atoms with Crippen molar-refractivity contribution in [1.29, 1.82) is 0 Å². The molecule has 0 aromatic rings. The van der Waals surface area contributed by atoms with Crippen LogP contribution in [-0.4, -0.2) is 78.1 Å². The molecule has 4 amide bonds. The zero-order chi connectivity index (χ0) is 33.9. The van der Waals surface area contributed by atoms with Crippen molar-refractivity contribution in [2.45, 2.75) is 131 Å². The van der Waals surface area contributed by atoms with Crippen LogP contribution in [0.5, 0.6) is 0 Å². The minimum Gasteiger partial charge on any atom is -0.346 e. The van der Waals surface area contributed by atoms with Gasteiger partial charge < -0.3 is 21.3 Å². The van der Waals surface area contributed by atoms with E-state index in [1.54, 1.807) is 0 Å².